The van der Waals surface area contributed by atoms with Gasteiger partial charge in [0.1, 0.15) is 17.3 Å². The lowest BCUT2D eigenvalue weighted by molar-refractivity contribution is 0.103. The maximum atomic E-state index is 13.2. The van der Waals surface area contributed by atoms with Crippen molar-refractivity contribution in [3.8, 4) is 11.6 Å². The van der Waals surface area contributed by atoms with Gasteiger partial charge in [0.15, 0.2) is 0 Å². The maximum Gasteiger partial charge on any atom is 0.233 e. The van der Waals surface area contributed by atoms with Crippen LogP contribution in [0.5, 0.6) is 11.6 Å². The molecule has 0 amide bonds. The molecule has 0 aliphatic carbocycles. The number of aromatic nitrogens is 2. The van der Waals surface area contributed by atoms with Gasteiger partial charge < -0.3 is 9.47 Å². The molecule has 2 rings (SSSR count). The number of halogens is 1. The van der Waals surface area contributed by atoms with Gasteiger partial charge in [-0.25, -0.2) is 4.39 Å². The van der Waals surface area contributed by atoms with Gasteiger partial charge in [0.25, 0.3) is 0 Å². The molecule has 1 aromatic heterocycles. The summed E-state index contributed by atoms with van der Waals surface area (Å²) in [5.41, 5.74) is 0.187. The van der Waals surface area contributed by atoms with Crippen LogP contribution in [0.4, 0.5) is 4.39 Å². The highest BCUT2D eigenvalue weighted by atomic mass is 19.1. The molecule has 0 N–H and O–H groups in total. The number of carbonyl (C=O) groups excluding carboxylic acids is 1. The summed E-state index contributed by atoms with van der Waals surface area (Å²) >= 11 is 0. The Labute approximate surface area is 109 Å². The lowest BCUT2D eigenvalue weighted by atomic mass is 10.1. The van der Waals surface area contributed by atoms with Crippen molar-refractivity contribution < 1.29 is 18.7 Å². The van der Waals surface area contributed by atoms with Crippen molar-refractivity contribution in [2.24, 2.45) is 0 Å². The number of hydrogen-bond donors (Lipinski definition) is 0. The highest BCUT2D eigenvalue weighted by molar-refractivity contribution is 6.09. The van der Waals surface area contributed by atoms with E-state index >= 15 is 0 Å². The van der Waals surface area contributed by atoms with Gasteiger partial charge in [0.05, 0.1) is 19.8 Å². The minimum Gasteiger partial charge on any atom is -0.496 e. The first-order valence-corrected chi connectivity index (χ1v) is 5.41. The minimum atomic E-state index is -0.523. The van der Waals surface area contributed by atoms with Crippen LogP contribution in [0.15, 0.2) is 30.3 Å². The van der Waals surface area contributed by atoms with E-state index in [1.54, 1.807) is 0 Å². The molecule has 0 fully saturated rings. The van der Waals surface area contributed by atoms with Crippen molar-refractivity contribution in [1.29, 1.82) is 0 Å². The first-order valence-electron chi connectivity index (χ1n) is 5.41. The van der Waals surface area contributed by atoms with Crippen LogP contribution in [0.1, 0.15) is 16.1 Å². The third-order valence-corrected chi connectivity index (χ3v) is 2.49. The van der Waals surface area contributed by atoms with Crippen LogP contribution in [0.2, 0.25) is 0 Å². The summed E-state index contributed by atoms with van der Waals surface area (Å²) < 4.78 is 23.1. The minimum absolute atomic E-state index is 0.0877. The fourth-order valence-electron chi connectivity index (χ4n) is 1.55. The monoisotopic (exact) mass is 262 g/mol. The van der Waals surface area contributed by atoms with Crippen LogP contribution >= 0.6 is 0 Å². The Balaban J connectivity index is 2.40. The quantitative estimate of drug-likeness (QED) is 0.787. The van der Waals surface area contributed by atoms with E-state index in [0.717, 1.165) is 6.07 Å². The number of benzene rings is 1. The fourth-order valence-corrected chi connectivity index (χ4v) is 1.55. The summed E-state index contributed by atoms with van der Waals surface area (Å²) in [5, 5.41) is 7.42. The highest BCUT2D eigenvalue weighted by Gasteiger charge is 2.17. The summed E-state index contributed by atoms with van der Waals surface area (Å²) in [6.45, 7) is 0. The predicted molar refractivity (Wildman–Crippen MR) is 65.0 cm³/mol. The Hall–Kier alpha value is -2.50. The van der Waals surface area contributed by atoms with E-state index in [1.165, 1.54) is 38.5 Å². The van der Waals surface area contributed by atoms with Gasteiger partial charge in [-0.3, -0.25) is 4.79 Å². The summed E-state index contributed by atoms with van der Waals surface area (Å²) in [7, 11) is 2.85. The van der Waals surface area contributed by atoms with Crippen molar-refractivity contribution >= 4 is 5.78 Å². The van der Waals surface area contributed by atoms with E-state index < -0.39 is 11.6 Å². The average Bonchev–Trinajstić information content (AvgIpc) is 2.46. The van der Waals surface area contributed by atoms with Crippen LogP contribution in [-0.4, -0.2) is 30.2 Å². The molecule has 0 radical (unpaired) electrons. The summed E-state index contributed by atoms with van der Waals surface area (Å²) in [6.07, 6.45) is 0. The van der Waals surface area contributed by atoms with Crippen molar-refractivity contribution in [2.45, 2.75) is 0 Å². The molecule has 0 bridgehead atoms. The number of carbonyl (C=O) groups is 1. The van der Waals surface area contributed by atoms with Crippen molar-refractivity contribution in [2.75, 3.05) is 14.2 Å². The smallest absolute Gasteiger partial charge is 0.233 e. The standard InChI is InChI=1S/C13H11FN2O3/c1-18-11-5-3-8(14)7-9(11)13(17)10-4-6-12(19-2)16-15-10/h3-7H,1-2H3. The third kappa shape index (κ3) is 2.67. The molecule has 0 saturated heterocycles. The fraction of sp³-hybridized carbons (Fsp3) is 0.154. The van der Waals surface area contributed by atoms with Gasteiger partial charge in [0, 0.05) is 6.07 Å². The molecule has 19 heavy (non-hydrogen) atoms. The first-order chi connectivity index (χ1) is 9.15. The van der Waals surface area contributed by atoms with Crippen molar-refractivity contribution in [3.63, 3.8) is 0 Å². The topological polar surface area (TPSA) is 61.3 Å². The molecule has 5 nitrogen and oxygen atoms in total. The van der Waals surface area contributed by atoms with E-state index in [-0.39, 0.29) is 17.0 Å². The van der Waals surface area contributed by atoms with Crippen LogP contribution in [0, 0.1) is 5.82 Å². The number of rotatable bonds is 4. The van der Waals surface area contributed by atoms with Crippen molar-refractivity contribution in [1.82, 2.24) is 10.2 Å². The number of ketones is 1. The Bertz CT molecular complexity index is 599. The predicted octanol–water partition coefficient (Wildman–Crippen LogP) is 1.86. The van der Waals surface area contributed by atoms with Crippen LogP contribution in [0.25, 0.3) is 0 Å². The maximum absolute atomic E-state index is 13.2. The van der Waals surface area contributed by atoms with E-state index in [4.69, 9.17) is 9.47 Å². The number of methoxy groups -OCH3 is 2. The molecule has 1 aromatic carbocycles. The first kappa shape index (κ1) is 12.9. The summed E-state index contributed by atoms with van der Waals surface area (Å²) in [6, 6.07) is 6.67. The molecule has 0 saturated carbocycles. The van der Waals surface area contributed by atoms with E-state index in [9.17, 15) is 9.18 Å². The second kappa shape index (κ2) is 5.43. The molecule has 98 valence electrons. The molecule has 0 aliphatic heterocycles. The van der Waals surface area contributed by atoms with Crippen LogP contribution in [-0.2, 0) is 0 Å². The Kier molecular flexibility index (Phi) is 3.70. The van der Waals surface area contributed by atoms with Gasteiger partial charge in [-0.05, 0) is 24.3 Å². The molecule has 0 unspecified atom stereocenters. The van der Waals surface area contributed by atoms with Crippen LogP contribution in [0.3, 0.4) is 0 Å². The van der Waals surface area contributed by atoms with E-state index in [2.05, 4.69) is 10.2 Å². The Morgan fingerprint density at radius 3 is 2.47 bits per heavy atom. The second-order valence-electron chi connectivity index (χ2n) is 3.63. The lowest BCUT2D eigenvalue weighted by Gasteiger charge is -2.07. The van der Waals surface area contributed by atoms with Gasteiger partial charge in [-0.15, -0.1) is 10.2 Å². The van der Waals surface area contributed by atoms with E-state index in [1.807, 2.05) is 0 Å². The van der Waals surface area contributed by atoms with E-state index in [0.29, 0.717) is 5.88 Å². The van der Waals surface area contributed by atoms with Crippen LogP contribution < -0.4 is 9.47 Å². The Morgan fingerprint density at radius 2 is 1.89 bits per heavy atom. The number of ether oxygens (including phenoxy) is 2. The zero-order chi connectivity index (χ0) is 13.8. The van der Waals surface area contributed by atoms with Gasteiger partial charge in [-0.1, -0.05) is 0 Å². The lowest BCUT2D eigenvalue weighted by Crippen LogP contribution is -2.08. The van der Waals surface area contributed by atoms with Gasteiger partial charge >= 0.3 is 0 Å². The summed E-state index contributed by atoms with van der Waals surface area (Å²) in [4.78, 5) is 12.2. The SMILES string of the molecule is COc1ccc(C(=O)c2cc(F)ccc2OC)nn1. The Morgan fingerprint density at radius 1 is 1.11 bits per heavy atom. The molecule has 2 aromatic rings. The second-order valence-corrected chi connectivity index (χ2v) is 3.63. The highest BCUT2D eigenvalue weighted by Crippen LogP contribution is 2.22. The summed E-state index contributed by atoms with van der Waals surface area (Å²) in [5.74, 6) is -0.413. The molecule has 0 spiro atoms. The van der Waals surface area contributed by atoms with Crippen molar-refractivity contribution in [3.05, 3.63) is 47.4 Å². The van der Waals surface area contributed by atoms with Gasteiger partial charge in [0.2, 0.25) is 11.7 Å². The molecule has 0 atom stereocenters. The molecular weight excluding hydrogens is 251 g/mol. The zero-order valence-corrected chi connectivity index (χ0v) is 10.4. The average molecular weight is 262 g/mol. The normalized spacial score (nSPS) is 10.1. The molecule has 0 aliphatic rings. The molecule has 6 heteroatoms. The molecular formula is C13H11FN2O3. The largest absolute Gasteiger partial charge is 0.496 e. The number of hydrogen-bond acceptors (Lipinski definition) is 5. The third-order valence-electron chi connectivity index (χ3n) is 2.49. The molecule has 1 heterocycles. The van der Waals surface area contributed by atoms with Gasteiger partial charge in [-0.2, -0.15) is 0 Å². The number of nitrogens with zero attached hydrogens (tertiary/aromatic N) is 2. The zero-order valence-electron chi connectivity index (χ0n) is 10.4.